The van der Waals surface area contributed by atoms with Crippen molar-refractivity contribution in [2.24, 2.45) is 0 Å². The zero-order valence-corrected chi connectivity index (χ0v) is 22.1. The number of sulfonamides is 1. The minimum absolute atomic E-state index is 0.0969. The molecule has 4 rings (SSSR count). The molecule has 194 valence electrons. The highest BCUT2D eigenvalue weighted by molar-refractivity contribution is 7.92. The van der Waals surface area contributed by atoms with Crippen molar-refractivity contribution >= 4 is 33.2 Å². The van der Waals surface area contributed by atoms with Crippen molar-refractivity contribution in [3.8, 4) is 0 Å². The first-order valence-electron chi connectivity index (χ1n) is 12.6. The van der Waals surface area contributed by atoms with Crippen molar-refractivity contribution in [3.63, 3.8) is 0 Å². The molecular weight excluding hydrogens is 486 g/mol. The van der Waals surface area contributed by atoms with Crippen molar-refractivity contribution in [1.29, 1.82) is 0 Å². The number of carbonyl (C=O) groups excluding carboxylic acids is 2. The summed E-state index contributed by atoms with van der Waals surface area (Å²) in [6, 6.07) is 20.4. The standard InChI is InChI=1S/C29H33N3O4S/c1-21-15-17-25(18-16-21)37(35,36)32(24-12-8-9-22(2)19-24)20-28(33)31-27-14-7-6-13-26(27)29(34)30-23-10-4-3-5-11-23/h6-9,12-19,23H,3-5,10-11,20H2,1-2H3,(H,30,34)(H,31,33). The minimum atomic E-state index is -4.03. The third kappa shape index (κ3) is 6.57. The molecule has 1 aliphatic rings. The maximum atomic E-state index is 13.6. The maximum Gasteiger partial charge on any atom is 0.264 e. The number of carbonyl (C=O) groups is 2. The fraction of sp³-hybridized carbons (Fsp3) is 0.310. The van der Waals surface area contributed by atoms with E-state index < -0.39 is 22.5 Å². The van der Waals surface area contributed by atoms with Gasteiger partial charge in [-0.3, -0.25) is 13.9 Å². The van der Waals surface area contributed by atoms with Crippen LogP contribution in [0.4, 0.5) is 11.4 Å². The van der Waals surface area contributed by atoms with Crippen LogP contribution in [0.3, 0.4) is 0 Å². The van der Waals surface area contributed by atoms with Gasteiger partial charge in [0, 0.05) is 6.04 Å². The summed E-state index contributed by atoms with van der Waals surface area (Å²) < 4.78 is 28.3. The summed E-state index contributed by atoms with van der Waals surface area (Å²) in [5.41, 5.74) is 2.88. The van der Waals surface area contributed by atoms with Crippen molar-refractivity contribution in [2.75, 3.05) is 16.2 Å². The van der Waals surface area contributed by atoms with E-state index in [-0.39, 0.29) is 16.8 Å². The third-order valence-corrected chi connectivity index (χ3v) is 8.36. The van der Waals surface area contributed by atoms with Crippen molar-refractivity contribution < 1.29 is 18.0 Å². The summed E-state index contributed by atoms with van der Waals surface area (Å²) in [7, 11) is -4.03. The van der Waals surface area contributed by atoms with Crippen molar-refractivity contribution in [1.82, 2.24) is 5.32 Å². The Morgan fingerprint density at radius 1 is 0.865 bits per heavy atom. The number of aryl methyl sites for hydroxylation is 2. The van der Waals surface area contributed by atoms with Crippen LogP contribution in [-0.2, 0) is 14.8 Å². The van der Waals surface area contributed by atoms with Crippen LogP contribution in [0.25, 0.3) is 0 Å². The van der Waals surface area contributed by atoms with Gasteiger partial charge in [0.2, 0.25) is 5.91 Å². The monoisotopic (exact) mass is 519 g/mol. The number of para-hydroxylation sites is 1. The molecule has 8 heteroatoms. The summed E-state index contributed by atoms with van der Waals surface area (Å²) in [5, 5.41) is 5.85. The first kappa shape index (κ1) is 26.4. The van der Waals surface area contributed by atoms with Gasteiger partial charge in [-0.2, -0.15) is 0 Å². The lowest BCUT2D eigenvalue weighted by molar-refractivity contribution is -0.114. The molecule has 0 aliphatic heterocycles. The molecule has 0 radical (unpaired) electrons. The molecule has 0 bridgehead atoms. The number of nitrogens with zero attached hydrogens (tertiary/aromatic N) is 1. The molecule has 1 saturated carbocycles. The van der Waals surface area contributed by atoms with Gasteiger partial charge in [-0.25, -0.2) is 8.42 Å². The van der Waals surface area contributed by atoms with Gasteiger partial charge in [0.25, 0.3) is 15.9 Å². The van der Waals surface area contributed by atoms with Crippen LogP contribution in [0.5, 0.6) is 0 Å². The topological polar surface area (TPSA) is 95.6 Å². The van der Waals surface area contributed by atoms with Crippen LogP contribution < -0.4 is 14.9 Å². The lowest BCUT2D eigenvalue weighted by Crippen LogP contribution is -2.39. The summed E-state index contributed by atoms with van der Waals surface area (Å²) in [6.45, 7) is 3.30. The highest BCUT2D eigenvalue weighted by atomic mass is 32.2. The van der Waals surface area contributed by atoms with Crippen LogP contribution in [0, 0.1) is 13.8 Å². The predicted molar refractivity (Wildman–Crippen MR) is 146 cm³/mol. The van der Waals surface area contributed by atoms with Crippen molar-refractivity contribution in [3.05, 3.63) is 89.5 Å². The molecule has 0 saturated heterocycles. The van der Waals surface area contributed by atoms with Crippen LogP contribution in [0.2, 0.25) is 0 Å². The summed E-state index contributed by atoms with van der Waals surface area (Å²) in [4.78, 5) is 26.3. The molecule has 3 aromatic carbocycles. The molecule has 0 spiro atoms. The molecule has 0 unspecified atom stereocenters. The predicted octanol–water partition coefficient (Wildman–Crippen LogP) is 5.20. The number of nitrogens with one attached hydrogen (secondary N) is 2. The van der Waals surface area contributed by atoms with E-state index in [9.17, 15) is 18.0 Å². The van der Waals surface area contributed by atoms with E-state index >= 15 is 0 Å². The average Bonchev–Trinajstić information content (AvgIpc) is 2.88. The Labute approximate surface area is 218 Å². The summed E-state index contributed by atoms with van der Waals surface area (Å²) >= 11 is 0. The Balaban J connectivity index is 1.57. The molecule has 0 aromatic heterocycles. The van der Waals surface area contributed by atoms with E-state index in [1.54, 1.807) is 54.6 Å². The molecule has 0 heterocycles. The molecule has 1 aliphatic carbocycles. The largest absolute Gasteiger partial charge is 0.349 e. The van der Waals surface area contributed by atoms with Gasteiger partial charge in [-0.15, -0.1) is 0 Å². The molecule has 7 nitrogen and oxygen atoms in total. The number of rotatable bonds is 8. The van der Waals surface area contributed by atoms with E-state index in [1.807, 2.05) is 19.9 Å². The zero-order valence-electron chi connectivity index (χ0n) is 21.2. The number of hydrogen-bond acceptors (Lipinski definition) is 4. The second-order valence-electron chi connectivity index (χ2n) is 9.57. The lowest BCUT2D eigenvalue weighted by atomic mass is 9.95. The summed E-state index contributed by atoms with van der Waals surface area (Å²) in [5.74, 6) is -0.791. The zero-order chi connectivity index (χ0) is 26.4. The van der Waals surface area contributed by atoms with E-state index in [0.717, 1.165) is 41.1 Å². The smallest absolute Gasteiger partial charge is 0.264 e. The number of hydrogen-bond donors (Lipinski definition) is 2. The average molecular weight is 520 g/mol. The minimum Gasteiger partial charge on any atom is -0.349 e. The van der Waals surface area contributed by atoms with E-state index in [1.165, 1.54) is 18.6 Å². The quantitative estimate of drug-likeness (QED) is 0.428. The normalized spacial score (nSPS) is 14.1. The molecule has 37 heavy (non-hydrogen) atoms. The van der Waals surface area contributed by atoms with Crippen LogP contribution in [0.1, 0.15) is 53.6 Å². The summed E-state index contributed by atoms with van der Waals surface area (Å²) in [6.07, 6.45) is 5.26. The van der Waals surface area contributed by atoms with Crippen LogP contribution in [-0.4, -0.2) is 32.8 Å². The Morgan fingerprint density at radius 2 is 1.57 bits per heavy atom. The third-order valence-electron chi connectivity index (χ3n) is 6.57. The molecule has 0 atom stereocenters. The van der Waals surface area contributed by atoms with Gasteiger partial charge in [0.05, 0.1) is 21.8 Å². The van der Waals surface area contributed by atoms with Crippen molar-refractivity contribution in [2.45, 2.75) is 56.9 Å². The molecular formula is C29H33N3O4S. The molecule has 2 N–H and O–H groups in total. The molecule has 3 aromatic rings. The molecule has 2 amide bonds. The Hall–Kier alpha value is -3.65. The number of benzene rings is 3. The first-order chi connectivity index (χ1) is 17.7. The highest BCUT2D eigenvalue weighted by Gasteiger charge is 2.28. The Kier molecular flexibility index (Phi) is 8.28. The van der Waals surface area contributed by atoms with Crippen LogP contribution >= 0.6 is 0 Å². The van der Waals surface area contributed by atoms with E-state index in [2.05, 4.69) is 10.6 Å². The van der Waals surface area contributed by atoms with Crippen LogP contribution in [0.15, 0.2) is 77.7 Å². The first-order valence-corrected chi connectivity index (χ1v) is 14.0. The van der Waals surface area contributed by atoms with Gasteiger partial charge < -0.3 is 10.6 Å². The van der Waals surface area contributed by atoms with Gasteiger partial charge in [-0.1, -0.05) is 61.2 Å². The fourth-order valence-corrected chi connectivity index (χ4v) is 5.97. The molecule has 1 fully saturated rings. The van der Waals surface area contributed by atoms with Gasteiger partial charge in [0.1, 0.15) is 6.54 Å². The van der Waals surface area contributed by atoms with Gasteiger partial charge in [-0.05, 0) is 68.7 Å². The SMILES string of the molecule is Cc1ccc(S(=O)(=O)N(CC(=O)Nc2ccccc2C(=O)NC2CCCCC2)c2cccc(C)c2)cc1. The second-order valence-corrected chi connectivity index (χ2v) is 11.4. The Morgan fingerprint density at radius 3 is 2.27 bits per heavy atom. The lowest BCUT2D eigenvalue weighted by Gasteiger charge is -2.25. The highest BCUT2D eigenvalue weighted by Crippen LogP contribution is 2.26. The van der Waals surface area contributed by atoms with Gasteiger partial charge >= 0.3 is 0 Å². The number of amides is 2. The van der Waals surface area contributed by atoms with E-state index in [4.69, 9.17) is 0 Å². The second kappa shape index (κ2) is 11.6. The maximum absolute atomic E-state index is 13.6. The fourth-order valence-electron chi connectivity index (χ4n) is 4.56. The number of anilines is 2. The van der Waals surface area contributed by atoms with Gasteiger partial charge in [0.15, 0.2) is 0 Å². The van der Waals surface area contributed by atoms with E-state index in [0.29, 0.717) is 16.9 Å². The Bertz CT molecular complexity index is 1360.